The van der Waals surface area contributed by atoms with Crippen LogP contribution in [0.25, 0.3) is 0 Å². The number of hydrogen-bond donors (Lipinski definition) is 0. The Bertz CT molecular complexity index is 387. The quantitative estimate of drug-likeness (QED) is 0.748. The Balaban J connectivity index is 2.05. The van der Waals surface area contributed by atoms with Crippen molar-refractivity contribution in [1.82, 2.24) is 0 Å². The minimum absolute atomic E-state index is 0.254. The van der Waals surface area contributed by atoms with Gasteiger partial charge in [0.05, 0.1) is 12.0 Å². The standard InChI is InChI=1S/C13H13NO/c14-9-12(8-13(15)11-6-7-11)10-4-2-1-3-5-10/h1-5,11-12H,6-8H2. The van der Waals surface area contributed by atoms with Gasteiger partial charge in [-0.1, -0.05) is 30.3 Å². The molecule has 0 spiro atoms. The zero-order chi connectivity index (χ0) is 10.7. The number of ketones is 1. The van der Waals surface area contributed by atoms with Crippen LogP contribution in [0.3, 0.4) is 0 Å². The Morgan fingerprint density at radius 2 is 2.07 bits per heavy atom. The molecule has 0 bridgehead atoms. The minimum Gasteiger partial charge on any atom is -0.299 e. The number of rotatable bonds is 4. The third-order valence-electron chi connectivity index (χ3n) is 2.80. The Kier molecular flexibility index (Phi) is 2.82. The molecule has 0 aromatic heterocycles. The van der Waals surface area contributed by atoms with E-state index in [-0.39, 0.29) is 17.6 Å². The van der Waals surface area contributed by atoms with Crippen LogP contribution in [0.5, 0.6) is 0 Å². The van der Waals surface area contributed by atoms with Crippen LogP contribution in [0, 0.1) is 17.2 Å². The molecule has 2 heteroatoms. The normalized spacial score (nSPS) is 16.7. The minimum atomic E-state index is -0.265. The number of Topliss-reactive ketones (excluding diaryl/α,β-unsaturated/α-hetero) is 1. The zero-order valence-corrected chi connectivity index (χ0v) is 8.52. The first-order valence-electron chi connectivity index (χ1n) is 5.28. The highest BCUT2D eigenvalue weighted by atomic mass is 16.1. The topological polar surface area (TPSA) is 40.9 Å². The molecule has 1 aromatic rings. The molecule has 0 amide bonds. The molecule has 1 aliphatic rings. The summed E-state index contributed by atoms with van der Waals surface area (Å²) in [6.45, 7) is 0. The first-order valence-corrected chi connectivity index (χ1v) is 5.28. The van der Waals surface area contributed by atoms with E-state index in [9.17, 15) is 4.79 Å². The van der Waals surface area contributed by atoms with Crippen molar-refractivity contribution < 1.29 is 4.79 Å². The Morgan fingerprint density at radius 1 is 1.40 bits per heavy atom. The van der Waals surface area contributed by atoms with Crippen LogP contribution in [0.15, 0.2) is 30.3 Å². The van der Waals surface area contributed by atoms with E-state index < -0.39 is 0 Å². The molecule has 1 unspecified atom stereocenters. The van der Waals surface area contributed by atoms with E-state index in [1.165, 1.54) is 0 Å². The summed E-state index contributed by atoms with van der Waals surface area (Å²) in [7, 11) is 0. The first kappa shape index (κ1) is 9.92. The highest BCUT2D eigenvalue weighted by molar-refractivity contribution is 5.84. The van der Waals surface area contributed by atoms with Gasteiger partial charge >= 0.3 is 0 Å². The lowest BCUT2D eigenvalue weighted by Crippen LogP contribution is -2.07. The molecular formula is C13H13NO. The van der Waals surface area contributed by atoms with Gasteiger partial charge in [-0.3, -0.25) is 4.79 Å². The molecule has 1 fully saturated rings. The van der Waals surface area contributed by atoms with E-state index in [1.54, 1.807) is 0 Å². The first-order chi connectivity index (χ1) is 7.31. The van der Waals surface area contributed by atoms with Crippen molar-refractivity contribution in [1.29, 1.82) is 5.26 Å². The lowest BCUT2D eigenvalue weighted by Gasteiger charge is -2.07. The van der Waals surface area contributed by atoms with Gasteiger partial charge in [0.15, 0.2) is 0 Å². The van der Waals surface area contributed by atoms with Gasteiger partial charge in [-0.25, -0.2) is 0 Å². The SMILES string of the molecule is N#CC(CC(=O)C1CC1)c1ccccc1. The van der Waals surface area contributed by atoms with Gasteiger partial charge in [-0.2, -0.15) is 5.26 Å². The lowest BCUT2D eigenvalue weighted by atomic mass is 9.94. The summed E-state index contributed by atoms with van der Waals surface area (Å²) in [5, 5.41) is 9.03. The number of nitrogens with zero attached hydrogens (tertiary/aromatic N) is 1. The molecule has 1 atom stereocenters. The predicted octanol–water partition coefficient (Wildman–Crippen LogP) is 2.66. The van der Waals surface area contributed by atoms with Crippen LogP contribution in [-0.4, -0.2) is 5.78 Å². The third kappa shape index (κ3) is 2.44. The molecule has 0 aliphatic heterocycles. The lowest BCUT2D eigenvalue weighted by molar-refractivity contribution is -0.120. The fraction of sp³-hybridized carbons (Fsp3) is 0.385. The van der Waals surface area contributed by atoms with Crippen LogP contribution in [0.2, 0.25) is 0 Å². The molecule has 1 aliphatic carbocycles. The summed E-state index contributed by atoms with van der Waals surface area (Å²) < 4.78 is 0. The van der Waals surface area contributed by atoms with Crippen LogP contribution in [-0.2, 0) is 4.79 Å². The Labute approximate surface area is 89.5 Å². The van der Waals surface area contributed by atoms with Crippen LogP contribution >= 0.6 is 0 Å². The van der Waals surface area contributed by atoms with Crippen molar-refractivity contribution in [3.8, 4) is 6.07 Å². The van der Waals surface area contributed by atoms with Gasteiger partial charge in [-0.05, 0) is 18.4 Å². The molecule has 76 valence electrons. The number of carbonyl (C=O) groups is 1. The van der Waals surface area contributed by atoms with Gasteiger partial charge < -0.3 is 0 Å². The molecule has 0 radical (unpaired) electrons. The Hall–Kier alpha value is -1.62. The second-order valence-corrected chi connectivity index (χ2v) is 4.04. The summed E-state index contributed by atoms with van der Waals surface area (Å²) in [5.74, 6) is 0.245. The highest BCUT2D eigenvalue weighted by Crippen LogP contribution is 2.33. The van der Waals surface area contributed by atoms with Crippen molar-refractivity contribution in [3.05, 3.63) is 35.9 Å². The summed E-state index contributed by atoms with van der Waals surface area (Å²) in [6, 6.07) is 11.8. The van der Waals surface area contributed by atoms with Crippen LogP contribution in [0.1, 0.15) is 30.7 Å². The predicted molar refractivity (Wildman–Crippen MR) is 57.1 cm³/mol. The summed E-state index contributed by atoms with van der Waals surface area (Å²) in [4.78, 5) is 11.6. The average Bonchev–Trinajstić information content (AvgIpc) is 3.10. The number of hydrogen-bond acceptors (Lipinski definition) is 2. The monoisotopic (exact) mass is 199 g/mol. The van der Waals surface area contributed by atoms with Crippen LogP contribution in [0.4, 0.5) is 0 Å². The van der Waals surface area contributed by atoms with Gasteiger partial charge in [0.1, 0.15) is 5.78 Å². The second-order valence-electron chi connectivity index (χ2n) is 4.04. The third-order valence-corrected chi connectivity index (χ3v) is 2.80. The van der Waals surface area contributed by atoms with E-state index in [1.807, 2.05) is 30.3 Å². The maximum Gasteiger partial charge on any atom is 0.137 e. The van der Waals surface area contributed by atoms with Crippen molar-refractivity contribution in [2.24, 2.45) is 5.92 Å². The van der Waals surface area contributed by atoms with Crippen molar-refractivity contribution in [2.45, 2.75) is 25.2 Å². The Morgan fingerprint density at radius 3 is 2.60 bits per heavy atom. The molecule has 1 saturated carbocycles. The molecule has 0 heterocycles. The number of carbonyl (C=O) groups excluding carboxylic acids is 1. The summed E-state index contributed by atoms with van der Waals surface area (Å²) in [6.07, 6.45) is 2.42. The van der Waals surface area contributed by atoms with E-state index >= 15 is 0 Å². The van der Waals surface area contributed by atoms with E-state index in [4.69, 9.17) is 5.26 Å². The fourth-order valence-corrected chi connectivity index (χ4v) is 1.70. The molecule has 1 aromatic carbocycles. The van der Waals surface area contributed by atoms with Gasteiger partial charge in [0.25, 0.3) is 0 Å². The molecule has 15 heavy (non-hydrogen) atoms. The molecular weight excluding hydrogens is 186 g/mol. The smallest absolute Gasteiger partial charge is 0.137 e. The van der Waals surface area contributed by atoms with Crippen molar-refractivity contribution >= 4 is 5.78 Å². The van der Waals surface area contributed by atoms with E-state index in [0.29, 0.717) is 6.42 Å². The molecule has 2 nitrogen and oxygen atoms in total. The molecule has 0 saturated heterocycles. The fourth-order valence-electron chi connectivity index (χ4n) is 1.70. The largest absolute Gasteiger partial charge is 0.299 e. The van der Waals surface area contributed by atoms with Crippen molar-refractivity contribution in [3.63, 3.8) is 0 Å². The maximum absolute atomic E-state index is 11.6. The number of nitriles is 1. The highest BCUT2D eigenvalue weighted by Gasteiger charge is 2.31. The van der Waals surface area contributed by atoms with Crippen LogP contribution < -0.4 is 0 Å². The van der Waals surface area contributed by atoms with Gasteiger partial charge in [-0.15, -0.1) is 0 Å². The summed E-state index contributed by atoms with van der Waals surface area (Å²) in [5.41, 5.74) is 0.953. The molecule has 2 rings (SSSR count). The van der Waals surface area contributed by atoms with Gasteiger partial charge in [0, 0.05) is 12.3 Å². The number of benzene rings is 1. The van der Waals surface area contributed by atoms with E-state index in [0.717, 1.165) is 18.4 Å². The average molecular weight is 199 g/mol. The van der Waals surface area contributed by atoms with E-state index in [2.05, 4.69) is 6.07 Å². The van der Waals surface area contributed by atoms with Crippen molar-refractivity contribution in [2.75, 3.05) is 0 Å². The zero-order valence-electron chi connectivity index (χ0n) is 8.52. The van der Waals surface area contributed by atoms with Gasteiger partial charge in [0.2, 0.25) is 0 Å². The summed E-state index contributed by atoms with van der Waals surface area (Å²) >= 11 is 0. The molecule has 0 N–H and O–H groups in total. The second kappa shape index (κ2) is 4.27. The maximum atomic E-state index is 11.6.